The Morgan fingerprint density at radius 3 is 2.44 bits per heavy atom. The first kappa shape index (κ1) is 13.1. The maximum absolute atomic E-state index is 10.7. The molecule has 1 aliphatic heterocycles. The summed E-state index contributed by atoms with van der Waals surface area (Å²) in [5.74, 6) is 0.812. The normalized spacial score (nSPS) is 20.1. The molecule has 0 amide bonds. The van der Waals surface area contributed by atoms with Gasteiger partial charge in [-0.3, -0.25) is 0 Å². The molecule has 0 fully saturated rings. The first-order valence-corrected chi connectivity index (χ1v) is 6.29. The van der Waals surface area contributed by atoms with E-state index in [-0.39, 0.29) is 0 Å². The molecule has 1 atom stereocenters. The molecule has 2 rings (SSSR count). The minimum absolute atomic E-state index is 0.812. The standard InChI is InChI=1S/C15H21NO2/c1-15(17,13-8-10-16(2)11-9-13)12-4-6-14(18-3)7-5-12/h4-8,17H,9-11H2,1-3H3. The highest BCUT2D eigenvalue weighted by atomic mass is 16.5. The Balaban J connectivity index is 2.24. The predicted octanol–water partition coefficient (Wildman–Crippen LogP) is 2.16. The lowest BCUT2D eigenvalue weighted by molar-refractivity contribution is 0.0886. The average molecular weight is 247 g/mol. The van der Waals surface area contributed by atoms with Crippen molar-refractivity contribution in [1.82, 2.24) is 4.90 Å². The molecule has 1 unspecified atom stereocenters. The van der Waals surface area contributed by atoms with Crippen LogP contribution in [-0.2, 0) is 5.60 Å². The predicted molar refractivity (Wildman–Crippen MR) is 72.8 cm³/mol. The topological polar surface area (TPSA) is 32.7 Å². The lowest BCUT2D eigenvalue weighted by Crippen LogP contribution is -2.32. The second-order valence-electron chi connectivity index (χ2n) is 5.04. The smallest absolute Gasteiger partial charge is 0.118 e. The van der Waals surface area contributed by atoms with Crippen LogP contribution in [-0.4, -0.2) is 37.3 Å². The number of benzene rings is 1. The lowest BCUT2D eigenvalue weighted by atomic mass is 9.84. The van der Waals surface area contributed by atoms with Crippen molar-refractivity contribution in [2.45, 2.75) is 18.9 Å². The molecule has 0 aliphatic carbocycles. The highest BCUT2D eigenvalue weighted by Crippen LogP contribution is 2.33. The molecule has 1 aliphatic rings. The van der Waals surface area contributed by atoms with Gasteiger partial charge in [-0.2, -0.15) is 0 Å². The van der Waals surface area contributed by atoms with Gasteiger partial charge in [0.25, 0.3) is 0 Å². The van der Waals surface area contributed by atoms with E-state index in [1.165, 1.54) is 0 Å². The van der Waals surface area contributed by atoms with Gasteiger partial charge in [0.15, 0.2) is 0 Å². The van der Waals surface area contributed by atoms with Gasteiger partial charge in [0, 0.05) is 13.1 Å². The minimum Gasteiger partial charge on any atom is -0.497 e. The van der Waals surface area contributed by atoms with E-state index < -0.39 is 5.60 Å². The van der Waals surface area contributed by atoms with Gasteiger partial charge in [-0.15, -0.1) is 0 Å². The maximum atomic E-state index is 10.7. The van der Waals surface area contributed by atoms with Crippen LogP contribution in [0.4, 0.5) is 0 Å². The molecule has 98 valence electrons. The Labute approximate surface area is 109 Å². The number of hydrogen-bond donors (Lipinski definition) is 1. The summed E-state index contributed by atoms with van der Waals surface area (Å²) < 4.78 is 5.14. The SMILES string of the molecule is COc1ccc(C(C)(O)C2=CCN(C)CC2)cc1. The summed E-state index contributed by atoms with van der Waals surface area (Å²) in [5, 5.41) is 10.7. The number of nitrogens with zero attached hydrogens (tertiary/aromatic N) is 1. The average Bonchev–Trinajstić information content (AvgIpc) is 2.39. The third-order valence-electron chi connectivity index (χ3n) is 3.69. The molecular formula is C15H21NO2. The van der Waals surface area contributed by atoms with Gasteiger partial charge >= 0.3 is 0 Å². The molecule has 0 radical (unpaired) electrons. The molecular weight excluding hydrogens is 226 g/mol. The number of hydrogen-bond acceptors (Lipinski definition) is 3. The van der Waals surface area contributed by atoms with Gasteiger partial charge in [-0.25, -0.2) is 0 Å². The largest absolute Gasteiger partial charge is 0.497 e. The van der Waals surface area contributed by atoms with Crippen LogP contribution in [0.25, 0.3) is 0 Å². The quantitative estimate of drug-likeness (QED) is 0.831. The lowest BCUT2D eigenvalue weighted by Gasteiger charge is -2.32. The number of likely N-dealkylation sites (N-methyl/N-ethyl adjacent to an activating group) is 1. The van der Waals surface area contributed by atoms with Crippen LogP contribution in [0.5, 0.6) is 5.75 Å². The summed E-state index contributed by atoms with van der Waals surface area (Å²) in [7, 11) is 3.74. The molecule has 0 saturated carbocycles. The first-order valence-electron chi connectivity index (χ1n) is 6.29. The van der Waals surface area contributed by atoms with Gasteiger partial charge in [-0.1, -0.05) is 18.2 Å². The van der Waals surface area contributed by atoms with E-state index in [1.807, 2.05) is 31.2 Å². The Bertz CT molecular complexity index is 434. The maximum Gasteiger partial charge on any atom is 0.118 e. The van der Waals surface area contributed by atoms with Crippen LogP contribution in [0.2, 0.25) is 0 Å². The van der Waals surface area contributed by atoms with Gasteiger partial charge < -0.3 is 14.7 Å². The fraction of sp³-hybridized carbons (Fsp3) is 0.467. The van der Waals surface area contributed by atoms with Crippen LogP contribution >= 0.6 is 0 Å². The van der Waals surface area contributed by atoms with Crippen LogP contribution in [0.1, 0.15) is 18.9 Å². The van der Waals surface area contributed by atoms with E-state index in [2.05, 4.69) is 18.0 Å². The third kappa shape index (κ3) is 2.57. The number of methoxy groups -OCH3 is 1. The summed E-state index contributed by atoms with van der Waals surface area (Å²) in [5.41, 5.74) is 1.14. The van der Waals surface area contributed by atoms with Crippen LogP contribution in [0, 0.1) is 0 Å². The zero-order chi connectivity index (χ0) is 13.2. The summed E-state index contributed by atoms with van der Waals surface area (Å²) in [4.78, 5) is 2.24. The van der Waals surface area contributed by atoms with Gasteiger partial charge in [0.2, 0.25) is 0 Å². The Kier molecular flexibility index (Phi) is 3.73. The number of rotatable bonds is 3. The first-order chi connectivity index (χ1) is 8.54. The monoisotopic (exact) mass is 247 g/mol. The highest BCUT2D eigenvalue weighted by molar-refractivity contribution is 5.36. The molecule has 1 heterocycles. The molecule has 0 saturated heterocycles. The van der Waals surface area contributed by atoms with Crippen molar-refractivity contribution >= 4 is 0 Å². The van der Waals surface area contributed by atoms with Crippen LogP contribution in [0.3, 0.4) is 0 Å². The summed E-state index contributed by atoms with van der Waals surface area (Å²) in [6, 6.07) is 7.63. The fourth-order valence-electron chi connectivity index (χ4n) is 2.31. The Hall–Kier alpha value is -1.32. The van der Waals surface area contributed by atoms with Crippen molar-refractivity contribution in [2.75, 3.05) is 27.2 Å². The Morgan fingerprint density at radius 1 is 1.28 bits per heavy atom. The van der Waals surface area contributed by atoms with Gasteiger partial charge in [0.1, 0.15) is 11.4 Å². The molecule has 3 heteroatoms. The van der Waals surface area contributed by atoms with Crippen molar-refractivity contribution in [1.29, 1.82) is 0 Å². The molecule has 3 nitrogen and oxygen atoms in total. The Morgan fingerprint density at radius 2 is 1.94 bits per heavy atom. The zero-order valence-corrected chi connectivity index (χ0v) is 11.3. The van der Waals surface area contributed by atoms with Crippen molar-refractivity contribution in [3.8, 4) is 5.75 Å². The number of ether oxygens (including phenoxy) is 1. The molecule has 0 spiro atoms. The molecule has 1 N–H and O–H groups in total. The third-order valence-corrected chi connectivity index (χ3v) is 3.69. The summed E-state index contributed by atoms with van der Waals surface area (Å²) in [6.45, 7) is 3.77. The zero-order valence-electron chi connectivity index (χ0n) is 11.3. The van der Waals surface area contributed by atoms with Crippen molar-refractivity contribution in [3.05, 3.63) is 41.5 Å². The summed E-state index contributed by atoms with van der Waals surface area (Å²) in [6.07, 6.45) is 3.04. The van der Waals surface area contributed by atoms with Crippen molar-refractivity contribution in [2.24, 2.45) is 0 Å². The minimum atomic E-state index is -0.881. The van der Waals surface area contributed by atoms with E-state index in [9.17, 15) is 5.11 Å². The van der Waals surface area contributed by atoms with Crippen LogP contribution < -0.4 is 4.74 Å². The van der Waals surface area contributed by atoms with Crippen LogP contribution in [0.15, 0.2) is 35.9 Å². The van der Waals surface area contributed by atoms with Crippen molar-refractivity contribution in [3.63, 3.8) is 0 Å². The molecule has 0 aromatic heterocycles. The van der Waals surface area contributed by atoms with Gasteiger partial charge in [0.05, 0.1) is 7.11 Å². The van der Waals surface area contributed by atoms with E-state index in [4.69, 9.17) is 4.74 Å². The molecule has 1 aromatic carbocycles. The molecule has 18 heavy (non-hydrogen) atoms. The molecule has 0 bridgehead atoms. The highest BCUT2D eigenvalue weighted by Gasteiger charge is 2.29. The van der Waals surface area contributed by atoms with Gasteiger partial charge in [-0.05, 0) is 43.7 Å². The van der Waals surface area contributed by atoms with Crippen molar-refractivity contribution < 1.29 is 9.84 Å². The second-order valence-corrected chi connectivity index (χ2v) is 5.04. The van der Waals surface area contributed by atoms with E-state index in [0.29, 0.717) is 0 Å². The number of aliphatic hydroxyl groups is 1. The second kappa shape index (κ2) is 5.12. The molecule has 1 aromatic rings. The van der Waals surface area contributed by atoms with E-state index in [0.717, 1.165) is 36.4 Å². The summed E-state index contributed by atoms with van der Waals surface area (Å²) >= 11 is 0. The van der Waals surface area contributed by atoms with E-state index in [1.54, 1.807) is 7.11 Å². The fourth-order valence-corrected chi connectivity index (χ4v) is 2.31. The van der Waals surface area contributed by atoms with E-state index >= 15 is 0 Å².